The van der Waals surface area contributed by atoms with E-state index in [0.29, 0.717) is 27.8 Å². The molecule has 49 heavy (non-hydrogen) atoms. The number of aromatic nitrogens is 1. The zero-order valence-electron chi connectivity index (χ0n) is 30.9. The first-order valence-electron chi connectivity index (χ1n) is 16.8. The Morgan fingerprint density at radius 1 is 0.959 bits per heavy atom. The fraction of sp³-hybridized carbons (Fsp3) is 0.452. The Kier molecular flexibility index (Phi) is 10.5. The van der Waals surface area contributed by atoms with E-state index in [0.717, 1.165) is 10.5 Å². The van der Waals surface area contributed by atoms with E-state index in [9.17, 15) is 22.8 Å². The molecule has 18 heteroatoms. The largest absolute Gasteiger partial charge is 0.460 e. The van der Waals surface area contributed by atoms with Crippen LogP contribution in [0, 0.1) is 6.92 Å². The van der Waals surface area contributed by atoms with Crippen LogP contribution in [-0.2, 0) is 15.7 Å². The molecule has 1 unspecified atom stereocenters. The van der Waals surface area contributed by atoms with E-state index >= 15 is 0 Å². The predicted molar refractivity (Wildman–Crippen MR) is 217 cm³/mol. The molecule has 2 aromatic carbocycles. The highest BCUT2D eigenvalue weighted by molar-refractivity contribution is 9.10. The molecule has 1 saturated heterocycles. The van der Waals surface area contributed by atoms with Crippen LogP contribution in [-0.4, -0.2) is 102 Å². The molecule has 1 aromatic heterocycles. The maximum Gasteiger partial charge on any atom is 0.416 e. The van der Waals surface area contributed by atoms with Gasteiger partial charge in [-0.3, -0.25) is 9.59 Å². The minimum atomic E-state index is -4.61. The zero-order valence-corrected chi connectivity index (χ0v) is 32.5. The fourth-order valence-electron chi connectivity index (χ4n) is 7.61. The molecule has 1 N–H and O–H groups in total. The summed E-state index contributed by atoms with van der Waals surface area (Å²) in [6, 6.07) is 10.9. The van der Waals surface area contributed by atoms with Crippen LogP contribution >= 0.6 is 15.9 Å². The molecule has 4 rings (SSSR count). The highest BCUT2D eigenvalue weighted by Gasteiger charge is 2.65. The summed E-state index contributed by atoms with van der Waals surface area (Å²) in [5.41, 5.74) is 0.207. The Morgan fingerprint density at radius 3 is 2.08 bits per heavy atom. The number of carbonyl (C=O) groups is 2. The molecule has 1 aliphatic rings. The number of hydrogen-bond donors (Lipinski definition) is 1. The first-order valence-corrected chi connectivity index (χ1v) is 17.6. The summed E-state index contributed by atoms with van der Waals surface area (Å²) in [5, 5.41) is 2.53. The number of alkyl halides is 3. The quantitative estimate of drug-likeness (QED) is 0.248. The van der Waals surface area contributed by atoms with Gasteiger partial charge in [-0.15, -0.1) is 0 Å². The highest BCUT2D eigenvalue weighted by atomic mass is 79.9. The third kappa shape index (κ3) is 7.14. The summed E-state index contributed by atoms with van der Waals surface area (Å²) in [4.78, 5) is 34.6. The summed E-state index contributed by atoms with van der Waals surface area (Å²) < 4.78 is 48.8. The number of esters is 1. The van der Waals surface area contributed by atoms with Crippen molar-refractivity contribution in [1.82, 2.24) is 10.3 Å². The molecule has 2 heterocycles. The number of benzene rings is 2. The molecule has 1 atom stereocenters. The van der Waals surface area contributed by atoms with Gasteiger partial charge in [0.15, 0.2) is 0 Å². The van der Waals surface area contributed by atoms with Gasteiger partial charge in [0.25, 0.3) is 5.91 Å². The fourth-order valence-corrected chi connectivity index (χ4v) is 7.97. The summed E-state index contributed by atoms with van der Waals surface area (Å²) >= 11 is 3.54. The van der Waals surface area contributed by atoms with Gasteiger partial charge in [-0.25, -0.2) is 4.98 Å². The average molecular weight is 729 g/mol. The molecule has 0 radical (unpaired) electrons. The van der Waals surface area contributed by atoms with Crippen LogP contribution in [0.4, 0.5) is 19.0 Å². The van der Waals surface area contributed by atoms with Crippen molar-refractivity contribution in [2.24, 2.45) is 0 Å². The number of hydrogen-bond acceptors (Lipinski definition) is 5. The van der Waals surface area contributed by atoms with Gasteiger partial charge in [-0.2, -0.15) is 13.2 Å². The number of halogens is 4. The van der Waals surface area contributed by atoms with Crippen LogP contribution in [0.1, 0.15) is 66.6 Å². The molecule has 0 saturated carbocycles. The second-order valence-corrected chi connectivity index (χ2v) is 17.3. The van der Waals surface area contributed by atoms with Crippen molar-refractivity contribution >= 4 is 107 Å². The van der Waals surface area contributed by atoms with Crippen LogP contribution < -0.4 is 10.2 Å². The topological polar surface area (TPSA) is 71.5 Å². The smallest absolute Gasteiger partial charge is 0.416 e. The van der Waals surface area contributed by atoms with Gasteiger partial charge >= 0.3 is 12.1 Å². The maximum absolute atomic E-state index is 14.4. The number of ether oxygens (including phenoxy) is 1. The summed E-state index contributed by atoms with van der Waals surface area (Å²) in [5.74, 6) is -1.06. The van der Waals surface area contributed by atoms with E-state index in [1.54, 1.807) is 26.8 Å². The number of pyridine rings is 1. The average Bonchev–Trinajstić information content (AvgIpc) is 3.02. The summed E-state index contributed by atoms with van der Waals surface area (Å²) in [7, 11) is 17.9. The van der Waals surface area contributed by atoms with Crippen LogP contribution in [0.15, 0.2) is 46.9 Å². The van der Waals surface area contributed by atoms with Gasteiger partial charge in [0.1, 0.15) is 42.8 Å². The van der Waals surface area contributed by atoms with E-state index in [1.807, 2.05) is 25.1 Å². The monoisotopic (exact) mass is 729 g/mol. The number of fused-ring (bicyclic) bond motifs is 1. The second kappa shape index (κ2) is 13.2. The Hall–Kier alpha value is -2.62. The van der Waals surface area contributed by atoms with Gasteiger partial charge in [0, 0.05) is 34.3 Å². The zero-order chi connectivity index (χ0) is 37.1. The predicted octanol–water partition coefficient (Wildman–Crippen LogP) is -0.615. The number of nitrogens with one attached hydrogen (secondary N) is 1. The lowest BCUT2D eigenvalue weighted by Crippen LogP contribution is -2.60. The van der Waals surface area contributed by atoms with Gasteiger partial charge in [0.05, 0.1) is 48.0 Å². The molecule has 0 bridgehead atoms. The molecule has 1 fully saturated rings. The minimum Gasteiger partial charge on any atom is -0.460 e. The number of amides is 1. The molecule has 1 amide bonds. The molecule has 3 aromatic rings. The number of rotatable bonds is 8. The lowest BCUT2D eigenvalue weighted by molar-refractivity contribution is -0.155. The summed E-state index contributed by atoms with van der Waals surface area (Å²) in [6.45, 7) is 6.98. The van der Waals surface area contributed by atoms with Crippen LogP contribution in [0.2, 0.25) is 10.4 Å². The van der Waals surface area contributed by atoms with Gasteiger partial charge in [-0.05, 0) is 74.6 Å². The van der Waals surface area contributed by atoms with E-state index in [-0.39, 0.29) is 46.1 Å². The van der Waals surface area contributed by atoms with Gasteiger partial charge in [0.2, 0.25) is 0 Å². The third-order valence-corrected chi connectivity index (χ3v) is 12.2. The normalized spacial score (nSPS) is 18.6. The van der Waals surface area contributed by atoms with Crippen LogP contribution in [0.3, 0.4) is 0 Å². The van der Waals surface area contributed by atoms with E-state index < -0.39 is 35.1 Å². The Balaban J connectivity index is 1.81. The first kappa shape index (κ1) is 39.2. The minimum absolute atomic E-state index is 0.0172. The van der Waals surface area contributed by atoms with Crippen molar-refractivity contribution in [3.8, 4) is 0 Å². The first-order chi connectivity index (χ1) is 22.3. The van der Waals surface area contributed by atoms with E-state index in [2.05, 4.69) is 88.9 Å². The van der Waals surface area contributed by atoms with Gasteiger partial charge < -0.3 is 15.0 Å². The Bertz CT molecular complexity index is 1760. The van der Waals surface area contributed by atoms with Crippen molar-refractivity contribution < 1.29 is 27.5 Å². The van der Waals surface area contributed by atoms with Crippen molar-refractivity contribution in [2.45, 2.75) is 79.3 Å². The number of anilines is 1. The van der Waals surface area contributed by atoms with Crippen LogP contribution in [0.5, 0.6) is 0 Å². The third-order valence-electron chi connectivity index (χ3n) is 11.7. The highest BCUT2D eigenvalue weighted by Crippen LogP contribution is 2.64. The van der Waals surface area contributed by atoms with Gasteiger partial charge in [-0.1, -0.05) is 44.6 Å². The lowest BCUT2D eigenvalue weighted by Gasteiger charge is -2.47. The number of carbonyl (C=O) groups excluding carboxylic acids is 2. The molecular formula is C31H43B8BrF3N3O3. The van der Waals surface area contributed by atoms with Crippen LogP contribution in [0.25, 0.3) is 10.9 Å². The second-order valence-electron chi connectivity index (χ2n) is 16.4. The Labute approximate surface area is 304 Å². The van der Waals surface area contributed by atoms with Crippen molar-refractivity contribution in [2.75, 3.05) is 11.4 Å². The standard InChI is InChI=1S/C31H43B8BrF3N3O3/c1-15-23(19-13-17(40)10-11-21(19)45-24(15)46-30(36,37)28(32,33)29(34,35)31(46,38)39)25(48)44-14-16(9-12-22(47)49-26(2,3)4)18-7-5-6-8-20(18)27(41,42)43/h5-8,10-11,13,16H,9,12,14,32-39H2,1-4H3,(H,44,48). The molecular weight excluding hydrogens is 686 g/mol. The Morgan fingerprint density at radius 2 is 1.53 bits per heavy atom. The molecule has 1 aliphatic heterocycles. The maximum atomic E-state index is 14.4. The van der Waals surface area contributed by atoms with Crippen molar-refractivity contribution in [1.29, 1.82) is 0 Å². The lowest BCUT2D eigenvalue weighted by atomic mass is 9.17. The van der Waals surface area contributed by atoms with E-state index in [1.165, 1.54) is 12.1 Å². The molecule has 252 valence electrons. The molecule has 0 spiro atoms. The van der Waals surface area contributed by atoms with E-state index in [4.69, 9.17) is 9.72 Å². The molecule has 6 nitrogen and oxygen atoms in total. The van der Waals surface area contributed by atoms with Crippen molar-refractivity contribution in [3.05, 3.63) is 69.2 Å². The summed E-state index contributed by atoms with van der Waals surface area (Å²) in [6.07, 6.45) is -4.67. The SMILES string of the molecule is BC1(B)N(c2nc3ccc(Br)cc3c(C(=O)NCC(CCC(=O)OC(C)(C)C)c3ccccc3C(F)(F)F)c2C)C(B)(B)C(B)(B)C1(B)B. The molecule has 0 aliphatic carbocycles. The van der Waals surface area contributed by atoms with Crippen molar-refractivity contribution in [3.63, 3.8) is 0 Å². The number of nitrogens with zero attached hydrogens (tertiary/aromatic N) is 2.